The van der Waals surface area contributed by atoms with E-state index in [1.54, 1.807) is 0 Å². The fourth-order valence-corrected chi connectivity index (χ4v) is 2.03. The van der Waals surface area contributed by atoms with E-state index in [-0.39, 0.29) is 0 Å². The van der Waals surface area contributed by atoms with Crippen molar-refractivity contribution in [3.05, 3.63) is 35.6 Å². The number of ether oxygens (including phenoxy) is 1. The van der Waals surface area contributed by atoms with E-state index in [1.165, 1.54) is 0 Å². The standard InChI is InChI=1S/C16H23NO2/c1-16(2,3)8-9-18-11-13-12-6-4-5-7-14(12)19-15(13)10-17/h4-7H,8-11,17H2,1-3H3. The lowest BCUT2D eigenvalue weighted by molar-refractivity contribution is 0.0958. The molecule has 19 heavy (non-hydrogen) atoms. The highest BCUT2D eigenvalue weighted by atomic mass is 16.5. The molecule has 0 aliphatic carbocycles. The van der Waals surface area contributed by atoms with E-state index in [2.05, 4.69) is 26.8 Å². The van der Waals surface area contributed by atoms with Gasteiger partial charge in [0.25, 0.3) is 0 Å². The lowest BCUT2D eigenvalue weighted by Gasteiger charge is -2.17. The van der Waals surface area contributed by atoms with Gasteiger partial charge in [-0.15, -0.1) is 0 Å². The highest BCUT2D eigenvalue weighted by Gasteiger charge is 2.14. The van der Waals surface area contributed by atoms with Crippen LogP contribution in [0.3, 0.4) is 0 Å². The van der Waals surface area contributed by atoms with Crippen molar-refractivity contribution in [2.75, 3.05) is 6.61 Å². The Bertz CT molecular complexity index is 537. The summed E-state index contributed by atoms with van der Waals surface area (Å²) in [5.74, 6) is 0.831. The van der Waals surface area contributed by atoms with E-state index in [9.17, 15) is 0 Å². The highest BCUT2D eigenvalue weighted by molar-refractivity contribution is 5.82. The lowest BCUT2D eigenvalue weighted by atomic mass is 9.93. The van der Waals surface area contributed by atoms with Crippen LogP contribution in [0.2, 0.25) is 0 Å². The van der Waals surface area contributed by atoms with Gasteiger partial charge in [0.15, 0.2) is 0 Å². The fraction of sp³-hybridized carbons (Fsp3) is 0.500. The molecule has 3 heteroatoms. The van der Waals surface area contributed by atoms with E-state index in [4.69, 9.17) is 14.9 Å². The normalized spacial score (nSPS) is 12.2. The Morgan fingerprint density at radius 1 is 1.21 bits per heavy atom. The van der Waals surface area contributed by atoms with E-state index in [0.29, 0.717) is 18.6 Å². The third kappa shape index (κ3) is 3.58. The molecule has 104 valence electrons. The smallest absolute Gasteiger partial charge is 0.134 e. The van der Waals surface area contributed by atoms with Crippen molar-refractivity contribution >= 4 is 11.0 Å². The van der Waals surface area contributed by atoms with Gasteiger partial charge in [-0.3, -0.25) is 0 Å². The van der Waals surface area contributed by atoms with Crippen molar-refractivity contribution in [1.82, 2.24) is 0 Å². The maximum absolute atomic E-state index is 5.79. The van der Waals surface area contributed by atoms with Crippen LogP contribution in [0, 0.1) is 5.41 Å². The van der Waals surface area contributed by atoms with E-state index >= 15 is 0 Å². The van der Waals surface area contributed by atoms with Gasteiger partial charge < -0.3 is 14.9 Å². The lowest BCUT2D eigenvalue weighted by Crippen LogP contribution is -2.10. The van der Waals surface area contributed by atoms with Gasteiger partial charge in [-0.1, -0.05) is 39.0 Å². The number of furan rings is 1. The van der Waals surface area contributed by atoms with Crippen molar-refractivity contribution in [2.45, 2.75) is 40.3 Å². The summed E-state index contributed by atoms with van der Waals surface area (Å²) in [6.07, 6.45) is 1.04. The Hall–Kier alpha value is -1.32. The summed E-state index contributed by atoms with van der Waals surface area (Å²) >= 11 is 0. The van der Waals surface area contributed by atoms with E-state index in [0.717, 1.165) is 35.3 Å². The van der Waals surface area contributed by atoms with E-state index < -0.39 is 0 Å². The zero-order valence-corrected chi connectivity index (χ0v) is 12.0. The molecule has 0 aliphatic rings. The van der Waals surface area contributed by atoms with Crippen LogP contribution in [-0.4, -0.2) is 6.61 Å². The molecular weight excluding hydrogens is 238 g/mol. The van der Waals surface area contributed by atoms with Crippen molar-refractivity contribution in [3.63, 3.8) is 0 Å². The van der Waals surface area contributed by atoms with Gasteiger partial charge in [0.1, 0.15) is 11.3 Å². The summed E-state index contributed by atoms with van der Waals surface area (Å²) in [6, 6.07) is 8.00. The zero-order valence-electron chi connectivity index (χ0n) is 12.0. The second-order valence-corrected chi connectivity index (χ2v) is 6.07. The van der Waals surface area contributed by atoms with Gasteiger partial charge in [-0.2, -0.15) is 0 Å². The van der Waals surface area contributed by atoms with Crippen LogP contribution in [0.5, 0.6) is 0 Å². The number of para-hydroxylation sites is 1. The van der Waals surface area contributed by atoms with Gasteiger partial charge in [-0.05, 0) is 17.9 Å². The minimum Gasteiger partial charge on any atom is -0.459 e. The molecule has 0 unspecified atom stereocenters. The summed E-state index contributed by atoms with van der Waals surface area (Å²) in [4.78, 5) is 0. The molecule has 0 saturated carbocycles. The molecule has 0 aliphatic heterocycles. The zero-order chi connectivity index (χ0) is 13.9. The third-order valence-electron chi connectivity index (χ3n) is 3.21. The molecule has 3 nitrogen and oxygen atoms in total. The maximum Gasteiger partial charge on any atom is 0.134 e. The van der Waals surface area contributed by atoms with Gasteiger partial charge in [-0.25, -0.2) is 0 Å². The topological polar surface area (TPSA) is 48.4 Å². The molecule has 2 rings (SSSR count). The molecule has 0 fully saturated rings. The van der Waals surface area contributed by atoms with Crippen molar-refractivity contribution in [3.8, 4) is 0 Å². The predicted molar refractivity (Wildman–Crippen MR) is 77.8 cm³/mol. The molecule has 0 atom stereocenters. The summed E-state index contributed by atoms with van der Waals surface area (Å²) in [6.45, 7) is 8.39. The van der Waals surface area contributed by atoms with Gasteiger partial charge in [0.05, 0.1) is 13.2 Å². The molecule has 1 aromatic heterocycles. The van der Waals surface area contributed by atoms with Crippen LogP contribution in [0.4, 0.5) is 0 Å². The predicted octanol–water partition coefficient (Wildman–Crippen LogP) is 3.84. The van der Waals surface area contributed by atoms with Crippen LogP contribution in [-0.2, 0) is 17.9 Å². The largest absolute Gasteiger partial charge is 0.459 e. The Morgan fingerprint density at radius 2 is 1.95 bits per heavy atom. The monoisotopic (exact) mass is 261 g/mol. The molecule has 0 amide bonds. The van der Waals surface area contributed by atoms with Crippen LogP contribution in [0.1, 0.15) is 38.5 Å². The minimum atomic E-state index is 0.301. The molecular formula is C16H23NO2. The number of hydrogen-bond acceptors (Lipinski definition) is 3. The summed E-state index contributed by atoms with van der Waals surface area (Å²) in [5, 5.41) is 1.11. The number of fused-ring (bicyclic) bond motifs is 1. The highest BCUT2D eigenvalue weighted by Crippen LogP contribution is 2.26. The fourth-order valence-electron chi connectivity index (χ4n) is 2.03. The van der Waals surface area contributed by atoms with Crippen LogP contribution >= 0.6 is 0 Å². The van der Waals surface area contributed by atoms with Crippen LogP contribution in [0.15, 0.2) is 28.7 Å². The van der Waals surface area contributed by atoms with E-state index in [1.807, 2.05) is 18.2 Å². The Balaban J connectivity index is 2.07. The van der Waals surface area contributed by atoms with Gasteiger partial charge in [0.2, 0.25) is 0 Å². The molecule has 0 saturated heterocycles. The van der Waals surface area contributed by atoms with Gasteiger partial charge in [0, 0.05) is 17.6 Å². The molecule has 1 aromatic carbocycles. The second kappa shape index (κ2) is 5.76. The first-order valence-corrected chi connectivity index (χ1v) is 6.78. The third-order valence-corrected chi connectivity index (χ3v) is 3.21. The summed E-state index contributed by atoms with van der Waals surface area (Å²) in [7, 11) is 0. The molecule has 0 spiro atoms. The molecule has 2 aromatic rings. The first kappa shape index (κ1) is 14.1. The van der Waals surface area contributed by atoms with Crippen molar-refractivity contribution in [1.29, 1.82) is 0 Å². The maximum atomic E-state index is 5.79. The molecule has 1 heterocycles. The quantitative estimate of drug-likeness (QED) is 0.832. The van der Waals surface area contributed by atoms with Crippen molar-refractivity contribution in [2.24, 2.45) is 11.1 Å². The summed E-state index contributed by atoms with van der Waals surface area (Å²) in [5.41, 5.74) is 8.02. The van der Waals surface area contributed by atoms with Crippen LogP contribution in [0.25, 0.3) is 11.0 Å². The minimum absolute atomic E-state index is 0.301. The average molecular weight is 261 g/mol. The Labute approximate surface area is 114 Å². The van der Waals surface area contributed by atoms with Crippen LogP contribution < -0.4 is 5.73 Å². The average Bonchev–Trinajstić information content (AvgIpc) is 2.71. The Kier molecular flexibility index (Phi) is 4.27. The molecule has 0 radical (unpaired) electrons. The number of benzene rings is 1. The summed E-state index contributed by atoms with van der Waals surface area (Å²) < 4.78 is 11.5. The molecule has 2 N–H and O–H groups in total. The second-order valence-electron chi connectivity index (χ2n) is 6.07. The van der Waals surface area contributed by atoms with Gasteiger partial charge >= 0.3 is 0 Å². The molecule has 0 bridgehead atoms. The number of nitrogens with two attached hydrogens (primary N) is 1. The van der Waals surface area contributed by atoms with Crippen molar-refractivity contribution < 1.29 is 9.15 Å². The first-order valence-electron chi connectivity index (χ1n) is 6.78. The Morgan fingerprint density at radius 3 is 2.63 bits per heavy atom. The SMILES string of the molecule is CC(C)(C)CCOCc1c(CN)oc2ccccc12. The number of rotatable bonds is 5. The first-order chi connectivity index (χ1) is 9.01. The number of hydrogen-bond donors (Lipinski definition) is 1.